The molecule has 0 aliphatic carbocycles. The third-order valence-electron chi connectivity index (χ3n) is 1.31. The maximum absolute atomic E-state index is 10.1. The van der Waals surface area contributed by atoms with Crippen molar-refractivity contribution in [1.29, 1.82) is 0 Å². The summed E-state index contributed by atoms with van der Waals surface area (Å²) in [4.78, 5) is 10.1. The zero-order valence-electron chi connectivity index (χ0n) is 6.67. The second kappa shape index (κ2) is 7.09. The highest BCUT2D eigenvalue weighted by atomic mass is 32.2. The monoisotopic (exact) mass is 161 g/mol. The number of hydrogen-bond acceptors (Lipinski definition) is 3. The number of carbonyl (C=O) groups excluding carboxylic acids is 1. The highest BCUT2D eigenvalue weighted by molar-refractivity contribution is 8.09. The zero-order valence-corrected chi connectivity index (χ0v) is 7.49. The summed E-state index contributed by atoms with van der Waals surface area (Å²) < 4.78 is 2.07. The van der Waals surface area contributed by atoms with E-state index in [0.29, 0.717) is 0 Å². The van der Waals surface area contributed by atoms with E-state index in [9.17, 15) is 4.79 Å². The summed E-state index contributed by atoms with van der Waals surface area (Å²) in [6.45, 7) is 6.19. The van der Waals surface area contributed by atoms with Crippen LogP contribution < -0.4 is 0 Å². The molecule has 0 rings (SSSR count). The van der Waals surface area contributed by atoms with E-state index in [-0.39, 0.29) is 0 Å². The summed E-state index contributed by atoms with van der Waals surface area (Å²) in [5.74, 6) is 0. The minimum Gasteiger partial charge on any atom is -0.290 e. The van der Waals surface area contributed by atoms with Crippen molar-refractivity contribution in [3.63, 3.8) is 0 Å². The molecule has 0 aliphatic heterocycles. The molecule has 0 radical (unpaired) electrons. The van der Waals surface area contributed by atoms with Gasteiger partial charge in [0, 0.05) is 13.1 Å². The summed E-state index contributed by atoms with van der Waals surface area (Å²) in [6, 6.07) is 0. The van der Waals surface area contributed by atoms with E-state index in [1.165, 1.54) is 24.8 Å². The lowest BCUT2D eigenvalue weighted by molar-refractivity contribution is 0.480. The highest BCUT2D eigenvalue weighted by Crippen LogP contribution is 2.06. The molecule has 0 aromatic rings. The summed E-state index contributed by atoms with van der Waals surface area (Å²) in [6.07, 6.45) is 2.37. The molecule has 0 bridgehead atoms. The average molecular weight is 161 g/mol. The summed E-state index contributed by atoms with van der Waals surface area (Å²) in [5, 5.41) is 0. The summed E-state index contributed by atoms with van der Waals surface area (Å²) >= 11 is 1.27. The smallest absolute Gasteiger partial charge is 0.191 e. The molecule has 0 spiro atoms. The first-order valence-corrected chi connectivity index (χ1v) is 4.54. The molecule has 0 aromatic carbocycles. The first-order chi connectivity index (χ1) is 4.85. The lowest BCUT2D eigenvalue weighted by Crippen LogP contribution is -2.15. The third kappa shape index (κ3) is 4.82. The van der Waals surface area contributed by atoms with E-state index < -0.39 is 0 Å². The molecule has 10 heavy (non-hydrogen) atoms. The molecule has 3 heteroatoms. The van der Waals surface area contributed by atoms with Crippen molar-refractivity contribution in [1.82, 2.24) is 4.31 Å². The Balaban J connectivity index is 3.29. The average Bonchev–Trinajstić information content (AvgIpc) is 1.98. The van der Waals surface area contributed by atoms with Crippen molar-refractivity contribution in [3.05, 3.63) is 0 Å². The molecule has 60 valence electrons. The van der Waals surface area contributed by atoms with Crippen LogP contribution in [0.3, 0.4) is 0 Å². The third-order valence-corrected chi connectivity index (χ3v) is 2.13. The van der Waals surface area contributed by atoms with Crippen molar-refractivity contribution in [3.8, 4) is 0 Å². The molecule has 0 unspecified atom stereocenters. The van der Waals surface area contributed by atoms with E-state index in [1.54, 1.807) is 0 Å². The quantitative estimate of drug-likeness (QED) is 0.438. The molecule has 0 fully saturated rings. The Morgan fingerprint density at radius 1 is 1.50 bits per heavy atom. The van der Waals surface area contributed by atoms with Gasteiger partial charge in [-0.05, 0) is 18.4 Å². The maximum atomic E-state index is 10.1. The van der Waals surface area contributed by atoms with Crippen LogP contribution in [0.15, 0.2) is 0 Å². The van der Waals surface area contributed by atoms with Crippen molar-refractivity contribution in [2.24, 2.45) is 0 Å². The number of carbonyl (C=O) groups is 1. The van der Waals surface area contributed by atoms with Gasteiger partial charge in [-0.3, -0.25) is 4.79 Å². The van der Waals surface area contributed by atoms with Crippen LogP contribution in [0.4, 0.5) is 0 Å². The Labute approximate surface area is 67.1 Å². The van der Waals surface area contributed by atoms with E-state index in [0.717, 1.165) is 18.7 Å². The Morgan fingerprint density at radius 3 is 2.60 bits per heavy atom. The standard InChI is InChI=1S/C7H15NOS/c1-3-5-6-8(4-2)10-7-9/h7H,3-6H2,1-2H3. The minimum absolute atomic E-state index is 0.888. The second-order valence-electron chi connectivity index (χ2n) is 2.08. The van der Waals surface area contributed by atoms with Gasteiger partial charge < -0.3 is 0 Å². The predicted molar refractivity (Wildman–Crippen MR) is 46.5 cm³/mol. The summed E-state index contributed by atoms with van der Waals surface area (Å²) in [5.41, 5.74) is 0.888. The van der Waals surface area contributed by atoms with Gasteiger partial charge in [0.25, 0.3) is 0 Å². The van der Waals surface area contributed by atoms with Crippen LogP contribution in [0.2, 0.25) is 0 Å². The normalized spacial score (nSPS) is 10.3. The van der Waals surface area contributed by atoms with Gasteiger partial charge in [-0.25, -0.2) is 4.31 Å². The van der Waals surface area contributed by atoms with Crippen LogP contribution >= 0.6 is 11.9 Å². The van der Waals surface area contributed by atoms with Crippen molar-refractivity contribution in [2.75, 3.05) is 13.1 Å². The van der Waals surface area contributed by atoms with Gasteiger partial charge in [0.1, 0.15) is 0 Å². The fourth-order valence-corrected chi connectivity index (χ4v) is 1.19. The molecular weight excluding hydrogens is 146 g/mol. The topological polar surface area (TPSA) is 20.3 Å². The van der Waals surface area contributed by atoms with Gasteiger partial charge in [-0.15, -0.1) is 0 Å². The van der Waals surface area contributed by atoms with Crippen LogP contribution in [-0.4, -0.2) is 23.0 Å². The van der Waals surface area contributed by atoms with Crippen LogP contribution in [0.25, 0.3) is 0 Å². The Morgan fingerprint density at radius 2 is 2.20 bits per heavy atom. The largest absolute Gasteiger partial charge is 0.290 e. The lowest BCUT2D eigenvalue weighted by Gasteiger charge is -2.14. The van der Waals surface area contributed by atoms with Crippen molar-refractivity contribution < 1.29 is 4.79 Å². The fraction of sp³-hybridized carbons (Fsp3) is 0.857. The van der Waals surface area contributed by atoms with Crippen molar-refractivity contribution in [2.45, 2.75) is 26.7 Å². The Hall–Kier alpha value is -0.0200. The molecule has 0 aliphatic rings. The number of unbranched alkanes of at least 4 members (excludes halogenated alkanes) is 1. The number of nitrogens with zero attached hydrogens (tertiary/aromatic N) is 1. The van der Waals surface area contributed by atoms with Gasteiger partial charge >= 0.3 is 0 Å². The lowest BCUT2D eigenvalue weighted by atomic mass is 10.3. The van der Waals surface area contributed by atoms with Gasteiger partial charge in [0.05, 0.1) is 0 Å². The van der Waals surface area contributed by atoms with Crippen LogP contribution in [0, 0.1) is 0 Å². The maximum Gasteiger partial charge on any atom is 0.191 e. The van der Waals surface area contributed by atoms with E-state index in [2.05, 4.69) is 18.2 Å². The SMILES string of the molecule is CCCCN(CC)SC=O. The molecule has 2 nitrogen and oxygen atoms in total. The summed E-state index contributed by atoms with van der Waals surface area (Å²) in [7, 11) is 0. The minimum atomic E-state index is 0.888. The first-order valence-electron chi connectivity index (χ1n) is 3.70. The predicted octanol–water partition coefficient (Wildman–Crippen LogP) is 1.95. The fourth-order valence-electron chi connectivity index (χ4n) is 0.681. The molecule has 0 aromatic heterocycles. The zero-order chi connectivity index (χ0) is 7.82. The molecule has 0 atom stereocenters. The van der Waals surface area contributed by atoms with Crippen LogP contribution in [-0.2, 0) is 4.79 Å². The van der Waals surface area contributed by atoms with Crippen molar-refractivity contribution >= 4 is 17.6 Å². The van der Waals surface area contributed by atoms with E-state index in [1.807, 2.05) is 0 Å². The van der Waals surface area contributed by atoms with Gasteiger partial charge in [0.15, 0.2) is 5.62 Å². The van der Waals surface area contributed by atoms with E-state index >= 15 is 0 Å². The van der Waals surface area contributed by atoms with Crippen LogP contribution in [0.5, 0.6) is 0 Å². The molecule has 0 saturated carbocycles. The van der Waals surface area contributed by atoms with Gasteiger partial charge in [-0.2, -0.15) is 0 Å². The molecular formula is C7H15NOS. The molecule has 0 N–H and O–H groups in total. The van der Waals surface area contributed by atoms with Gasteiger partial charge in [0.2, 0.25) is 0 Å². The Kier molecular flexibility index (Phi) is 7.08. The molecule has 0 heterocycles. The Bertz CT molecular complexity index is 87.7. The molecule has 0 saturated heterocycles. The second-order valence-corrected chi connectivity index (χ2v) is 3.00. The molecule has 0 amide bonds. The number of hydrogen-bond donors (Lipinski definition) is 0. The number of rotatable bonds is 6. The van der Waals surface area contributed by atoms with E-state index in [4.69, 9.17) is 0 Å². The van der Waals surface area contributed by atoms with Gasteiger partial charge in [-0.1, -0.05) is 20.3 Å². The highest BCUT2D eigenvalue weighted by Gasteiger charge is 1.98. The first kappa shape index (κ1) is 9.98. The van der Waals surface area contributed by atoms with Crippen LogP contribution in [0.1, 0.15) is 26.7 Å².